The number of anilines is 1. The first-order chi connectivity index (χ1) is 8.83. The van der Waals surface area contributed by atoms with Crippen LogP contribution in [0.3, 0.4) is 0 Å². The Bertz CT molecular complexity index is 560. The summed E-state index contributed by atoms with van der Waals surface area (Å²) < 4.78 is 34.9. The molecule has 6 nitrogen and oxygen atoms in total. The molecule has 0 fully saturated rings. The van der Waals surface area contributed by atoms with E-state index in [1.807, 2.05) is 0 Å². The van der Waals surface area contributed by atoms with Crippen LogP contribution in [0.5, 0.6) is 0 Å². The topological polar surface area (TPSA) is 88.2 Å². The van der Waals surface area contributed by atoms with Crippen LogP contribution in [0.2, 0.25) is 0 Å². The molecule has 0 saturated heterocycles. The van der Waals surface area contributed by atoms with Gasteiger partial charge in [-0.15, -0.1) is 0 Å². The van der Waals surface area contributed by atoms with E-state index in [4.69, 9.17) is 0 Å². The molecule has 0 bridgehead atoms. The van der Waals surface area contributed by atoms with Gasteiger partial charge in [0.2, 0.25) is 0 Å². The molecule has 1 heterocycles. The Morgan fingerprint density at radius 1 is 1.47 bits per heavy atom. The van der Waals surface area contributed by atoms with Gasteiger partial charge in [-0.05, 0) is 12.5 Å². The molecule has 1 aromatic heterocycles. The predicted octanol–water partition coefficient (Wildman–Crippen LogP) is 0.427. The van der Waals surface area contributed by atoms with Crippen molar-refractivity contribution in [2.75, 3.05) is 30.9 Å². The highest BCUT2D eigenvalue weighted by Gasteiger charge is 2.13. The fourth-order valence-corrected chi connectivity index (χ4v) is 2.11. The van der Waals surface area contributed by atoms with Gasteiger partial charge in [-0.3, -0.25) is 4.79 Å². The molecule has 0 aliphatic rings. The van der Waals surface area contributed by atoms with Crippen molar-refractivity contribution in [2.45, 2.75) is 6.42 Å². The Balaban J connectivity index is 2.61. The molecule has 1 rings (SSSR count). The van der Waals surface area contributed by atoms with Crippen LogP contribution in [0.15, 0.2) is 12.3 Å². The van der Waals surface area contributed by atoms with Crippen LogP contribution in [0.25, 0.3) is 0 Å². The molecule has 106 valence electrons. The molecule has 0 aliphatic carbocycles. The Hall–Kier alpha value is -1.70. The maximum atomic E-state index is 13.0. The predicted molar refractivity (Wildman–Crippen MR) is 70.4 cm³/mol. The fourth-order valence-electron chi connectivity index (χ4n) is 1.44. The first kappa shape index (κ1) is 15.4. The Kier molecular flexibility index (Phi) is 5.22. The van der Waals surface area contributed by atoms with Crippen LogP contribution in [-0.4, -0.2) is 44.9 Å². The molecule has 1 amide bonds. The number of nitrogens with one attached hydrogen (secondary N) is 2. The van der Waals surface area contributed by atoms with Gasteiger partial charge in [-0.1, -0.05) is 0 Å². The van der Waals surface area contributed by atoms with E-state index >= 15 is 0 Å². The minimum absolute atomic E-state index is 0.00638. The molecule has 2 N–H and O–H groups in total. The van der Waals surface area contributed by atoms with Crippen molar-refractivity contribution >= 4 is 21.6 Å². The van der Waals surface area contributed by atoms with E-state index in [-0.39, 0.29) is 23.7 Å². The average Bonchev–Trinajstić information content (AvgIpc) is 2.33. The van der Waals surface area contributed by atoms with Crippen LogP contribution in [0.1, 0.15) is 16.8 Å². The second kappa shape index (κ2) is 6.46. The molecular formula is C11H16FN3O3S. The largest absolute Gasteiger partial charge is 0.372 e. The van der Waals surface area contributed by atoms with E-state index in [1.54, 1.807) is 7.05 Å². The van der Waals surface area contributed by atoms with Crippen molar-refractivity contribution in [3.63, 3.8) is 0 Å². The molecule has 19 heavy (non-hydrogen) atoms. The molecular weight excluding hydrogens is 273 g/mol. The van der Waals surface area contributed by atoms with Crippen molar-refractivity contribution in [2.24, 2.45) is 0 Å². The zero-order chi connectivity index (χ0) is 14.5. The number of rotatable bonds is 6. The van der Waals surface area contributed by atoms with Gasteiger partial charge >= 0.3 is 0 Å². The lowest BCUT2D eigenvalue weighted by atomic mass is 10.2. The van der Waals surface area contributed by atoms with Gasteiger partial charge in [-0.25, -0.2) is 17.8 Å². The summed E-state index contributed by atoms with van der Waals surface area (Å²) >= 11 is 0. The van der Waals surface area contributed by atoms with Crippen molar-refractivity contribution in [1.82, 2.24) is 10.3 Å². The van der Waals surface area contributed by atoms with Gasteiger partial charge in [0, 0.05) is 19.8 Å². The first-order valence-electron chi connectivity index (χ1n) is 5.62. The Morgan fingerprint density at radius 2 is 2.16 bits per heavy atom. The zero-order valence-corrected chi connectivity index (χ0v) is 11.6. The highest BCUT2D eigenvalue weighted by molar-refractivity contribution is 7.90. The molecule has 0 unspecified atom stereocenters. The number of hydrogen-bond donors (Lipinski definition) is 2. The normalized spacial score (nSPS) is 11.1. The fraction of sp³-hybridized carbons (Fsp3) is 0.455. The van der Waals surface area contributed by atoms with E-state index in [2.05, 4.69) is 15.6 Å². The number of pyridine rings is 1. The summed E-state index contributed by atoms with van der Waals surface area (Å²) in [6.07, 6.45) is 2.44. The second-order valence-electron chi connectivity index (χ2n) is 4.04. The maximum Gasteiger partial charge on any atom is 0.255 e. The van der Waals surface area contributed by atoms with Gasteiger partial charge in [0.1, 0.15) is 21.5 Å². The number of halogens is 1. The van der Waals surface area contributed by atoms with Gasteiger partial charge in [0.25, 0.3) is 5.91 Å². The molecule has 0 aliphatic heterocycles. The average molecular weight is 289 g/mol. The summed E-state index contributed by atoms with van der Waals surface area (Å²) in [6.45, 7) is 0.200. The number of sulfone groups is 1. The van der Waals surface area contributed by atoms with E-state index < -0.39 is 21.6 Å². The summed E-state index contributed by atoms with van der Waals surface area (Å²) in [7, 11) is -1.47. The zero-order valence-electron chi connectivity index (χ0n) is 10.7. The van der Waals surface area contributed by atoms with Gasteiger partial charge in [0.15, 0.2) is 0 Å². The van der Waals surface area contributed by atoms with Gasteiger partial charge in [-0.2, -0.15) is 0 Å². The van der Waals surface area contributed by atoms with E-state index in [0.29, 0.717) is 6.42 Å². The lowest BCUT2D eigenvalue weighted by Crippen LogP contribution is -2.27. The lowest BCUT2D eigenvalue weighted by Gasteiger charge is -2.08. The molecule has 0 spiro atoms. The molecule has 0 aromatic carbocycles. The molecule has 8 heteroatoms. The molecule has 0 saturated carbocycles. The van der Waals surface area contributed by atoms with Crippen LogP contribution in [0.4, 0.5) is 10.2 Å². The maximum absolute atomic E-state index is 13.0. The standard InChI is InChI=1S/C11H16FN3O3S/c1-13-10-9(6-8(12)7-15-10)11(16)14-4-3-5-19(2,17)18/h6-7H,3-5H2,1-2H3,(H,13,15)(H,14,16). The van der Waals surface area contributed by atoms with Gasteiger partial charge < -0.3 is 10.6 Å². The third-order valence-corrected chi connectivity index (χ3v) is 3.34. The monoisotopic (exact) mass is 289 g/mol. The number of amides is 1. The van der Waals surface area contributed by atoms with Crippen LogP contribution >= 0.6 is 0 Å². The second-order valence-corrected chi connectivity index (χ2v) is 6.30. The third kappa shape index (κ3) is 5.21. The van der Waals surface area contributed by atoms with Crippen LogP contribution < -0.4 is 10.6 Å². The van der Waals surface area contributed by atoms with E-state index in [1.165, 1.54) is 0 Å². The highest BCUT2D eigenvalue weighted by Crippen LogP contribution is 2.12. The van der Waals surface area contributed by atoms with Crippen molar-refractivity contribution in [3.05, 3.63) is 23.6 Å². The summed E-state index contributed by atoms with van der Waals surface area (Å²) in [5.74, 6) is -0.847. The van der Waals surface area contributed by atoms with Crippen molar-refractivity contribution < 1.29 is 17.6 Å². The Labute approximate surface area is 111 Å². The molecule has 0 atom stereocenters. The Morgan fingerprint density at radius 3 is 2.74 bits per heavy atom. The molecule has 1 aromatic rings. The van der Waals surface area contributed by atoms with Gasteiger partial charge in [0.05, 0.1) is 17.5 Å². The lowest BCUT2D eigenvalue weighted by molar-refractivity contribution is 0.0953. The quantitative estimate of drug-likeness (QED) is 0.741. The van der Waals surface area contributed by atoms with E-state index in [0.717, 1.165) is 18.5 Å². The third-order valence-electron chi connectivity index (χ3n) is 2.31. The highest BCUT2D eigenvalue weighted by atomic mass is 32.2. The van der Waals surface area contributed by atoms with E-state index in [9.17, 15) is 17.6 Å². The minimum Gasteiger partial charge on any atom is -0.372 e. The number of carbonyl (C=O) groups is 1. The summed E-state index contributed by atoms with van der Waals surface area (Å²) in [5.41, 5.74) is 0.0851. The minimum atomic E-state index is -3.04. The summed E-state index contributed by atoms with van der Waals surface area (Å²) in [6, 6.07) is 1.07. The van der Waals surface area contributed by atoms with Crippen molar-refractivity contribution in [3.8, 4) is 0 Å². The van der Waals surface area contributed by atoms with Crippen molar-refractivity contribution in [1.29, 1.82) is 0 Å². The number of carbonyl (C=O) groups excluding carboxylic acids is 1. The van der Waals surface area contributed by atoms with Crippen LogP contribution in [-0.2, 0) is 9.84 Å². The first-order valence-corrected chi connectivity index (χ1v) is 7.69. The number of hydrogen-bond acceptors (Lipinski definition) is 5. The smallest absolute Gasteiger partial charge is 0.255 e. The molecule has 0 radical (unpaired) electrons. The number of nitrogens with zero attached hydrogens (tertiary/aromatic N) is 1. The number of aromatic nitrogens is 1. The SMILES string of the molecule is CNc1ncc(F)cc1C(=O)NCCCS(C)(=O)=O. The summed E-state index contributed by atoms with van der Waals surface area (Å²) in [4.78, 5) is 15.5. The summed E-state index contributed by atoms with van der Waals surface area (Å²) in [5, 5.41) is 5.21. The van der Waals surface area contributed by atoms with Crippen LogP contribution in [0, 0.1) is 5.82 Å².